The predicted molar refractivity (Wildman–Crippen MR) is 56.4 cm³/mol. The summed E-state index contributed by atoms with van der Waals surface area (Å²) in [7, 11) is 1.39. The van der Waals surface area contributed by atoms with Crippen LogP contribution in [0.3, 0.4) is 0 Å². The molecule has 0 radical (unpaired) electrons. The Balaban J connectivity index is 1.86. The second-order valence-corrected chi connectivity index (χ2v) is 4.38. The van der Waals surface area contributed by atoms with Crippen LogP contribution in [0.15, 0.2) is 12.2 Å². The molecule has 0 amide bonds. The molecule has 3 atom stereocenters. The first kappa shape index (κ1) is 10.7. The topological polar surface area (TPSA) is 35.5 Å². The van der Waals surface area contributed by atoms with Gasteiger partial charge in [-0.2, -0.15) is 0 Å². The molecule has 2 fully saturated rings. The summed E-state index contributed by atoms with van der Waals surface area (Å²) in [6.45, 7) is 0. The third-order valence-corrected chi connectivity index (χ3v) is 3.37. The minimum absolute atomic E-state index is 0.122. The molecule has 0 N–H and O–H groups in total. The van der Waals surface area contributed by atoms with Crippen molar-refractivity contribution in [2.24, 2.45) is 5.92 Å². The lowest BCUT2D eigenvalue weighted by molar-refractivity contribution is -0.134. The molecule has 1 aliphatic carbocycles. The van der Waals surface area contributed by atoms with Gasteiger partial charge in [0.1, 0.15) is 0 Å². The summed E-state index contributed by atoms with van der Waals surface area (Å²) in [5.74, 6) is 0.416. The fourth-order valence-corrected chi connectivity index (χ4v) is 2.58. The molecule has 1 saturated heterocycles. The minimum Gasteiger partial charge on any atom is -0.466 e. The Hall–Kier alpha value is -0.830. The normalized spacial score (nSPS) is 35.4. The molecule has 1 heterocycles. The minimum atomic E-state index is -0.298. The van der Waals surface area contributed by atoms with E-state index in [1.54, 1.807) is 0 Å². The van der Waals surface area contributed by atoms with Crippen molar-refractivity contribution in [2.75, 3.05) is 7.11 Å². The van der Waals surface area contributed by atoms with Gasteiger partial charge in [-0.3, -0.25) is 0 Å². The van der Waals surface area contributed by atoms with Crippen LogP contribution in [0.25, 0.3) is 0 Å². The number of hydrogen-bond acceptors (Lipinski definition) is 3. The number of methoxy groups -OCH3 is 1. The first-order chi connectivity index (χ1) is 7.29. The molecule has 2 aliphatic rings. The highest BCUT2D eigenvalue weighted by Crippen LogP contribution is 2.37. The standard InChI is InChI=1S/C12H18O3/c1-14-12(13)7-6-10-8-9-4-2-3-5-11(9)15-10/h6-7,9-11H,2-5,8H2,1H3/b7-6+/t9-,10?,11-/m1/s1. The van der Waals surface area contributed by atoms with Crippen LogP contribution in [0.2, 0.25) is 0 Å². The molecular formula is C12H18O3. The van der Waals surface area contributed by atoms with E-state index >= 15 is 0 Å². The molecule has 0 aromatic carbocycles. The van der Waals surface area contributed by atoms with E-state index in [2.05, 4.69) is 4.74 Å². The second-order valence-electron chi connectivity index (χ2n) is 4.38. The molecule has 1 saturated carbocycles. The van der Waals surface area contributed by atoms with Crippen molar-refractivity contribution in [3.05, 3.63) is 12.2 Å². The SMILES string of the molecule is COC(=O)/C=C/C1C[C@H]2CCCC[C@H]2O1. The quantitative estimate of drug-likeness (QED) is 0.517. The number of rotatable bonds is 2. The van der Waals surface area contributed by atoms with E-state index in [-0.39, 0.29) is 12.1 Å². The van der Waals surface area contributed by atoms with Crippen LogP contribution < -0.4 is 0 Å². The van der Waals surface area contributed by atoms with Crippen molar-refractivity contribution in [1.29, 1.82) is 0 Å². The Morgan fingerprint density at radius 3 is 2.93 bits per heavy atom. The van der Waals surface area contributed by atoms with E-state index in [0.29, 0.717) is 12.0 Å². The zero-order chi connectivity index (χ0) is 10.7. The smallest absolute Gasteiger partial charge is 0.330 e. The summed E-state index contributed by atoms with van der Waals surface area (Å²) < 4.78 is 10.4. The van der Waals surface area contributed by atoms with E-state index in [1.165, 1.54) is 38.9 Å². The highest BCUT2D eigenvalue weighted by molar-refractivity contribution is 5.81. The molecule has 0 bridgehead atoms. The molecule has 0 aromatic heterocycles. The summed E-state index contributed by atoms with van der Waals surface area (Å²) >= 11 is 0. The third kappa shape index (κ3) is 2.59. The average Bonchev–Trinajstić information content (AvgIpc) is 2.68. The van der Waals surface area contributed by atoms with Crippen LogP contribution in [0.4, 0.5) is 0 Å². The largest absolute Gasteiger partial charge is 0.466 e. The van der Waals surface area contributed by atoms with Crippen LogP contribution in [-0.4, -0.2) is 25.3 Å². The summed E-state index contributed by atoms with van der Waals surface area (Å²) in [6, 6.07) is 0. The fourth-order valence-electron chi connectivity index (χ4n) is 2.58. The molecule has 0 spiro atoms. The molecular weight excluding hydrogens is 192 g/mol. The Morgan fingerprint density at radius 2 is 2.20 bits per heavy atom. The highest BCUT2D eigenvalue weighted by atomic mass is 16.5. The molecule has 2 rings (SSSR count). The van der Waals surface area contributed by atoms with Gasteiger partial charge in [-0.25, -0.2) is 4.79 Å². The van der Waals surface area contributed by atoms with E-state index in [1.807, 2.05) is 6.08 Å². The average molecular weight is 210 g/mol. The summed E-state index contributed by atoms with van der Waals surface area (Å²) in [6.07, 6.45) is 10.0. The molecule has 84 valence electrons. The lowest BCUT2D eigenvalue weighted by Crippen LogP contribution is -2.20. The molecule has 1 aliphatic heterocycles. The molecule has 1 unspecified atom stereocenters. The summed E-state index contributed by atoms with van der Waals surface area (Å²) in [5.41, 5.74) is 0. The number of carbonyl (C=O) groups excluding carboxylic acids is 1. The maximum Gasteiger partial charge on any atom is 0.330 e. The summed E-state index contributed by atoms with van der Waals surface area (Å²) in [4.78, 5) is 10.9. The van der Waals surface area contributed by atoms with Crippen molar-refractivity contribution in [3.8, 4) is 0 Å². The first-order valence-corrected chi connectivity index (χ1v) is 5.71. The Morgan fingerprint density at radius 1 is 1.40 bits per heavy atom. The van der Waals surface area contributed by atoms with Gasteiger partial charge in [0, 0.05) is 6.08 Å². The Bertz CT molecular complexity index is 246. The third-order valence-electron chi connectivity index (χ3n) is 3.37. The maximum absolute atomic E-state index is 10.9. The van der Waals surface area contributed by atoms with Crippen molar-refractivity contribution in [2.45, 2.75) is 44.3 Å². The van der Waals surface area contributed by atoms with Crippen molar-refractivity contribution in [1.82, 2.24) is 0 Å². The predicted octanol–water partition coefficient (Wildman–Crippen LogP) is 2.06. The van der Waals surface area contributed by atoms with Crippen LogP contribution in [0, 0.1) is 5.92 Å². The zero-order valence-corrected chi connectivity index (χ0v) is 9.15. The first-order valence-electron chi connectivity index (χ1n) is 5.71. The van der Waals surface area contributed by atoms with E-state index in [0.717, 1.165) is 6.42 Å². The Kier molecular flexibility index (Phi) is 3.41. The van der Waals surface area contributed by atoms with Gasteiger partial charge in [0.25, 0.3) is 0 Å². The number of carbonyl (C=O) groups is 1. The lowest BCUT2D eigenvalue weighted by atomic mass is 9.85. The number of fused-ring (bicyclic) bond motifs is 1. The fraction of sp³-hybridized carbons (Fsp3) is 0.750. The number of ether oxygens (including phenoxy) is 2. The van der Waals surface area contributed by atoms with Crippen LogP contribution >= 0.6 is 0 Å². The molecule has 3 heteroatoms. The van der Waals surface area contributed by atoms with Crippen LogP contribution in [0.5, 0.6) is 0 Å². The van der Waals surface area contributed by atoms with Gasteiger partial charge in [0.2, 0.25) is 0 Å². The van der Waals surface area contributed by atoms with Gasteiger partial charge in [-0.15, -0.1) is 0 Å². The van der Waals surface area contributed by atoms with Crippen molar-refractivity contribution in [3.63, 3.8) is 0 Å². The maximum atomic E-state index is 10.9. The number of hydrogen-bond donors (Lipinski definition) is 0. The van der Waals surface area contributed by atoms with E-state index in [4.69, 9.17) is 4.74 Å². The van der Waals surface area contributed by atoms with Gasteiger partial charge in [0.15, 0.2) is 0 Å². The monoisotopic (exact) mass is 210 g/mol. The highest BCUT2D eigenvalue weighted by Gasteiger charge is 2.35. The second kappa shape index (κ2) is 4.79. The van der Waals surface area contributed by atoms with Crippen molar-refractivity contribution >= 4 is 5.97 Å². The van der Waals surface area contributed by atoms with E-state index < -0.39 is 0 Å². The zero-order valence-electron chi connectivity index (χ0n) is 9.15. The van der Waals surface area contributed by atoms with Crippen molar-refractivity contribution < 1.29 is 14.3 Å². The van der Waals surface area contributed by atoms with Gasteiger partial charge in [-0.1, -0.05) is 12.8 Å². The van der Waals surface area contributed by atoms with Gasteiger partial charge >= 0.3 is 5.97 Å². The van der Waals surface area contributed by atoms with E-state index in [9.17, 15) is 4.79 Å². The number of esters is 1. The molecule has 15 heavy (non-hydrogen) atoms. The Labute approximate surface area is 90.4 Å². The summed E-state index contributed by atoms with van der Waals surface area (Å²) in [5, 5.41) is 0. The van der Waals surface area contributed by atoms with Gasteiger partial charge in [-0.05, 0) is 31.3 Å². The van der Waals surface area contributed by atoms with Crippen LogP contribution in [0.1, 0.15) is 32.1 Å². The lowest BCUT2D eigenvalue weighted by Gasteiger charge is -2.22. The molecule has 3 nitrogen and oxygen atoms in total. The van der Waals surface area contributed by atoms with Gasteiger partial charge in [0.05, 0.1) is 19.3 Å². The van der Waals surface area contributed by atoms with Gasteiger partial charge < -0.3 is 9.47 Å². The molecule has 0 aromatic rings. The van der Waals surface area contributed by atoms with Crippen LogP contribution in [-0.2, 0) is 14.3 Å².